The molecule has 3 rings (SSSR count). The van der Waals surface area contributed by atoms with E-state index in [4.69, 9.17) is 4.74 Å². The van der Waals surface area contributed by atoms with Crippen LogP contribution in [0.4, 0.5) is 0 Å². The number of benzene rings is 1. The molecule has 2 amide bonds. The fourth-order valence-corrected chi connectivity index (χ4v) is 3.43. The lowest BCUT2D eigenvalue weighted by Gasteiger charge is -2.36. The highest BCUT2D eigenvalue weighted by Crippen LogP contribution is 2.30. The number of aliphatic hydroxyl groups excluding tert-OH is 1. The Kier molecular flexibility index (Phi) is 6.27. The van der Waals surface area contributed by atoms with Crippen LogP contribution >= 0.6 is 0 Å². The quantitative estimate of drug-likeness (QED) is 0.690. The summed E-state index contributed by atoms with van der Waals surface area (Å²) in [6.07, 6.45) is 2.89. The predicted octanol–water partition coefficient (Wildman–Crippen LogP) is 1.69. The molecule has 1 heterocycles. The second-order valence-electron chi connectivity index (χ2n) is 7.35. The fourth-order valence-electron chi connectivity index (χ4n) is 3.43. The van der Waals surface area contributed by atoms with Gasteiger partial charge < -0.3 is 20.5 Å². The topological polar surface area (TPSA) is 87.7 Å². The lowest BCUT2D eigenvalue weighted by atomic mass is 9.96. The minimum Gasteiger partial charge on any atom is -0.394 e. The summed E-state index contributed by atoms with van der Waals surface area (Å²) >= 11 is 0. The van der Waals surface area contributed by atoms with Gasteiger partial charge in [0, 0.05) is 5.92 Å². The van der Waals surface area contributed by atoms with Gasteiger partial charge in [0.15, 0.2) is 0 Å². The zero-order valence-electron chi connectivity index (χ0n) is 15.2. The summed E-state index contributed by atoms with van der Waals surface area (Å²) in [6, 6.07) is 9.58. The largest absolute Gasteiger partial charge is 0.394 e. The third-order valence-corrected chi connectivity index (χ3v) is 5.16. The van der Waals surface area contributed by atoms with Gasteiger partial charge in [0.2, 0.25) is 11.8 Å². The molecule has 1 aliphatic heterocycles. The van der Waals surface area contributed by atoms with Crippen LogP contribution in [-0.2, 0) is 14.3 Å². The summed E-state index contributed by atoms with van der Waals surface area (Å²) in [7, 11) is 0. The van der Waals surface area contributed by atoms with Gasteiger partial charge in [-0.3, -0.25) is 9.59 Å². The third kappa shape index (κ3) is 5.05. The van der Waals surface area contributed by atoms with Gasteiger partial charge in [-0.15, -0.1) is 0 Å². The van der Waals surface area contributed by atoms with Crippen LogP contribution in [0.2, 0.25) is 0 Å². The Balaban J connectivity index is 1.46. The summed E-state index contributed by atoms with van der Waals surface area (Å²) in [5, 5.41) is 15.6. The molecule has 142 valence electrons. The number of carbonyl (C=O) groups excluding carboxylic acids is 2. The van der Waals surface area contributed by atoms with Gasteiger partial charge in [-0.2, -0.15) is 0 Å². The normalized spacial score (nSPS) is 26.8. The Morgan fingerprint density at radius 3 is 2.58 bits per heavy atom. The number of rotatable bonds is 7. The van der Waals surface area contributed by atoms with Crippen LogP contribution in [0, 0.1) is 5.92 Å². The molecule has 0 unspecified atom stereocenters. The zero-order chi connectivity index (χ0) is 18.5. The number of nitrogens with one attached hydrogen (secondary N) is 2. The van der Waals surface area contributed by atoms with Crippen molar-refractivity contribution < 1.29 is 19.4 Å². The number of carbonyl (C=O) groups is 2. The summed E-state index contributed by atoms with van der Waals surface area (Å²) in [4.78, 5) is 24.3. The Bertz CT molecular complexity index is 617. The van der Waals surface area contributed by atoms with Crippen molar-refractivity contribution >= 4 is 11.8 Å². The molecule has 6 heteroatoms. The van der Waals surface area contributed by atoms with E-state index in [1.165, 1.54) is 0 Å². The van der Waals surface area contributed by atoms with Crippen LogP contribution in [-0.4, -0.2) is 41.8 Å². The van der Waals surface area contributed by atoms with E-state index in [1.807, 2.05) is 37.3 Å². The van der Waals surface area contributed by atoms with E-state index in [0.717, 1.165) is 24.8 Å². The molecule has 0 aromatic heterocycles. The second-order valence-corrected chi connectivity index (χ2v) is 7.35. The molecule has 1 saturated heterocycles. The van der Waals surface area contributed by atoms with Crippen LogP contribution in [0.15, 0.2) is 30.3 Å². The average molecular weight is 360 g/mol. The van der Waals surface area contributed by atoms with Crippen LogP contribution in [0.25, 0.3) is 0 Å². The van der Waals surface area contributed by atoms with Crippen molar-refractivity contribution in [3.8, 4) is 0 Å². The van der Waals surface area contributed by atoms with Gasteiger partial charge in [0.1, 0.15) is 6.10 Å². The van der Waals surface area contributed by atoms with Gasteiger partial charge in [-0.25, -0.2) is 0 Å². The maximum atomic E-state index is 12.3. The molecule has 2 aliphatic rings. The minimum atomic E-state index is -0.448. The first-order valence-corrected chi connectivity index (χ1v) is 9.47. The molecular weight excluding hydrogens is 332 g/mol. The molecule has 0 bridgehead atoms. The molecule has 3 N–H and O–H groups in total. The number of hydrogen-bond donors (Lipinski definition) is 3. The van der Waals surface area contributed by atoms with E-state index in [-0.39, 0.29) is 48.9 Å². The van der Waals surface area contributed by atoms with Crippen molar-refractivity contribution in [1.82, 2.24) is 10.6 Å². The standard InChI is InChI=1S/C20H28N2O4/c1-13(14-5-3-2-4-6-14)21-19(24)11-16-9-10-17(18(12-23)26-16)22-20(25)15-7-8-15/h2-6,13,15-18,23H,7-12H2,1H3,(H,21,24)(H,22,25)/t13-,16-,17-,18-/m1/s1. The first-order chi connectivity index (χ1) is 12.6. The first kappa shape index (κ1) is 18.9. The monoisotopic (exact) mass is 360 g/mol. The van der Waals surface area contributed by atoms with Crippen molar-refractivity contribution in [3.05, 3.63) is 35.9 Å². The average Bonchev–Trinajstić information content (AvgIpc) is 3.48. The molecule has 1 aromatic carbocycles. The van der Waals surface area contributed by atoms with E-state index in [9.17, 15) is 14.7 Å². The smallest absolute Gasteiger partial charge is 0.223 e. The highest BCUT2D eigenvalue weighted by Gasteiger charge is 2.36. The zero-order valence-corrected chi connectivity index (χ0v) is 15.2. The Hall–Kier alpha value is -1.92. The van der Waals surface area contributed by atoms with Crippen LogP contribution < -0.4 is 10.6 Å². The first-order valence-electron chi connectivity index (χ1n) is 9.47. The van der Waals surface area contributed by atoms with Crippen LogP contribution in [0.1, 0.15) is 50.6 Å². The predicted molar refractivity (Wildman–Crippen MR) is 97.3 cm³/mol. The summed E-state index contributed by atoms with van der Waals surface area (Å²) in [5.41, 5.74) is 1.06. The van der Waals surface area contributed by atoms with Gasteiger partial charge in [0.05, 0.1) is 31.2 Å². The molecule has 1 aromatic rings. The van der Waals surface area contributed by atoms with E-state index in [0.29, 0.717) is 6.42 Å². The molecule has 4 atom stereocenters. The maximum absolute atomic E-state index is 12.3. The molecule has 0 spiro atoms. The molecule has 2 fully saturated rings. The van der Waals surface area contributed by atoms with Crippen molar-refractivity contribution in [3.63, 3.8) is 0 Å². The summed E-state index contributed by atoms with van der Waals surface area (Å²) in [5.74, 6) is 0.130. The van der Waals surface area contributed by atoms with E-state index >= 15 is 0 Å². The van der Waals surface area contributed by atoms with Gasteiger partial charge >= 0.3 is 0 Å². The van der Waals surface area contributed by atoms with Crippen LogP contribution in [0.3, 0.4) is 0 Å². The molecule has 1 saturated carbocycles. The van der Waals surface area contributed by atoms with E-state index in [1.54, 1.807) is 0 Å². The van der Waals surface area contributed by atoms with Gasteiger partial charge in [-0.1, -0.05) is 30.3 Å². The molecule has 6 nitrogen and oxygen atoms in total. The number of amides is 2. The second kappa shape index (κ2) is 8.64. The van der Waals surface area contributed by atoms with Gasteiger partial charge in [-0.05, 0) is 38.2 Å². The Morgan fingerprint density at radius 1 is 1.19 bits per heavy atom. The van der Waals surface area contributed by atoms with Gasteiger partial charge in [0.25, 0.3) is 0 Å². The SMILES string of the molecule is C[C@@H](NC(=O)C[C@H]1CC[C@@H](NC(=O)C2CC2)[C@@H](CO)O1)c1ccccc1. The maximum Gasteiger partial charge on any atom is 0.223 e. The van der Waals surface area contributed by atoms with Crippen molar-refractivity contribution in [2.45, 2.75) is 63.3 Å². The minimum absolute atomic E-state index is 0.0601. The van der Waals surface area contributed by atoms with Crippen molar-refractivity contribution in [1.29, 1.82) is 0 Å². The van der Waals surface area contributed by atoms with E-state index < -0.39 is 6.10 Å². The lowest BCUT2D eigenvalue weighted by Crippen LogP contribution is -2.51. The third-order valence-electron chi connectivity index (χ3n) is 5.16. The van der Waals surface area contributed by atoms with E-state index in [2.05, 4.69) is 10.6 Å². The molecule has 1 aliphatic carbocycles. The Morgan fingerprint density at radius 2 is 1.92 bits per heavy atom. The molecular formula is C20H28N2O4. The lowest BCUT2D eigenvalue weighted by molar-refractivity contribution is -0.136. The molecule has 0 radical (unpaired) electrons. The molecule has 26 heavy (non-hydrogen) atoms. The number of hydrogen-bond acceptors (Lipinski definition) is 4. The Labute approximate surface area is 154 Å². The van der Waals surface area contributed by atoms with Crippen molar-refractivity contribution in [2.24, 2.45) is 5.92 Å². The highest BCUT2D eigenvalue weighted by molar-refractivity contribution is 5.81. The summed E-state index contributed by atoms with van der Waals surface area (Å²) < 4.78 is 5.88. The van der Waals surface area contributed by atoms with Crippen LogP contribution in [0.5, 0.6) is 0 Å². The number of ether oxygens (including phenoxy) is 1. The summed E-state index contributed by atoms with van der Waals surface area (Å²) in [6.45, 7) is 1.79. The fraction of sp³-hybridized carbons (Fsp3) is 0.600. The number of aliphatic hydroxyl groups is 1. The van der Waals surface area contributed by atoms with Crippen molar-refractivity contribution in [2.75, 3.05) is 6.61 Å². The highest BCUT2D eigenvalue weighted by atomic mass is 16.5.